The summed E-state index contributed by atoms with van der Waals surface area (Å²) < 4.78 is 0. The number of rotatable bonds is 39. The van der Waals surface area contributed by atoms with Gasteiger partial charge in [0.15, 0.2) is 0 Å². The van der Waals surface area contributed by atoms with E-state index in [0.29, 0.717) is 25.9 Å². The summed E-state index contributed by atoms with van der Waals surface area (Å²) in [5, 5.41) is 15.8. The Labute approximate surface area is 299 Å². The summed E-state index contributed by atoms with van der Waals surface area (Å²) in [5.41, 5.74) is 0. The lowest BCUT2D eigenvalue weighted by Crippen LogP contribution is -2.52. The summed E-state index contributed by atoms with van der Waals surface area (Å²) in [7, 11) is 3.77. The van der Waals surface area contributed by atoms with Gasteiger partial charge in [0.1, 0.15) is 12.3 Å². The molecule has 0 bridgehead atoms. The highest BCUT2D eigenvalue weighted by molar-refractivity contribution is 5.87. The first-order valence-electron chi connectivity index (χ1n) is 21.2. The van der Waals surface area contributed by atoms with Crippen molar-refractivity contribution in [2.75, 3.05) is 27.2 Å². The van der Waals surface area contributed by atoms with E-state index in [9.17, 15) is 9.59 Å². The van der Waals surface area contributed by atoms with E-state index in [1.807, 2.05) is 14.1 Å². The van der Waals surface area contributed by atoms with Crippen molar-refractivity contribution in [3.05, 3.63) is 0 Å². The number of amides is 2. The fourth-order valence-electron chi connectivity index (χ4n) is 6.57. The highest BCUT2D eigenvalue weighted by Gasteiger charge is 2.20. The predicted octanol–water partition coefficient (Wildman–Crippen LogP) is 10.0. The number of hydrogen-bond acceptors (Lipinski definition) is 5. The van der Waals surface area contributed by atoms with Crippen LogP contribution in [0.1, 0.15) is 213 Å². The van der Waals surface area contributed by atoms with Gasteiger partial charge >= 0.3 is 0 Å². The average Bonchev–Trinajstić information content (AvgIpc) is 3.09. The Bertz CT molecular complexity index is 673. The van der Waals surface area contributed by atoms with Gasteiger partial charge in [-0.05, 0) is 33.4 Å². The summed E-state index contributed by atoms with van der Waals surface area (Å²) in [6, 6.07) is -0.498. The van der Waals surface area contributed by atoms with Crippen LogP contribution in [-0.4, -0.2) is 51.3 Å². The lowest BCUT2D eigenvalue weighted by Gasteiger charge is -2.21. The van der Waals surface area contributed by atoms with Crippen molar-refractivity contribution in [1.82, 2.24) is 26.6 Å². The monoisotopic (exact) mass is 680 g/mol. The average molecular weight is 680 g/mol. The van der Waals surface area contributed by atoms with Gasteiger partial charge in [-0.1, -0.05) is 187 Å². The zero-order valence-electron chi connectivity index (χ0n) is 32.8. The molecule has 2 amide bonds. The summed E-state index contributed by atoms with van der Waals surface area (Å²) in [6.45, 7) is 5.87. The standard InChI is InChI=1S/C41H85N5O2/c1-5-7-9-11-13-15-17-19-21-22-24-26-28-30-32-34-39(47)46-38(35-37-45-41(42-3)43-4)40(48)44-36-33-31-29-27-25-23-20-18-16-14-12-10-8-6-2/h38,41-43,45H,5-37H2,1-4H3,(H,44,48)(H,46,47). The Balaban J connectivity index is 4.04. The number of hydrogen-bond donors (Lipinski definition) is 5. The molecule has 0 aromatic heterocycles. The van der Waals surface area contributed by atoms with Crippen molar-refractivity contribution in [1.29, 1.82) is 0 Å². The molecule has 0 rings (SSSR count). The summed E-state index contributed by atoms with van der Waals surface area (Å²) in [4.78, 5) is 25.8. The molecule has 0 spiro atoms. The van der Waals surface area contributed by atoms with Crippen molar-refractivity contribution in [3.63, 3.8) is 0 Å². The van der Waals surface area contributed by atoms with Gasteiger partial charge in [0.05, 0.1) is 0 Å². The highest BCUT2D eigenvalue weighted by Crippen LogP contribution is 2.15. The second-order valence-corrected chi connectivity index (χ2v) is 14.5. The van der Waals surface area contributed by atoms with Crippen LogP contribution in [-0.2, 0) is 9.59 Å². The predicted molar refractivity (Wildman–Crippen MR) is 209 cm³/mol. The zero-order chi connectivity index (χ0) is 35.2. The topological polar surface area (TPSA) is 94.3 Å². The molecule has 0 aliphatic heterocycles. The smallest absolute Gasteiger partial charge is 0.242 e. The fraction of sp³-hybridized carbons (Fsp3) is 0.951. The van der Waals surface area contributed by atoms with Crippen molar-refractivity contribution in [3.8, 4) is 0 Å². The van der Waals surface area contributed by atoms with Crippen molar-refractivity contribution in [2.45, 2.75) is 225 Å². The SMILES string of the molecule is CCCCCCCCCCCCCCCCCC(=O)NC(CCNC(NC)NC)C(=O)NCCCCCCCCCCCCCCCC. The van der Waals surface area contributed by atoms with Crippen LogP contribution < -0.4 is 26.6 Å². The molecule has 0 aromatic rings. The van der Waals surface area contributed by atoms with Crippen LogP contribution in [0.5, 0.6) is 0 Å². The van der Waals surface area contributed by atoms with E-state index in [2.05, 4.69) is 40.4 Å². The van der Waals surface area contributed by atoms with Gasteiger partial charge in [0.2, 0.25) is 11.8 Å². The number of carbonyl (C=O) groups excluding carboxylic acids is 2. The molecular formula is C41H85N5O2. The molecule has 0 aliphatic carbocycles. The summed E-state index contributed by atoms with van der Waals surface area (Å²) >= 11 is 0. The van der Waals surface area contributed by atoms with Gasteiger partial charge in [-0.15, -0.1) is 0 Å². The van der Waals surface area contributed by atoms with Crippen LogP contribution in [0.4, 0.5) is 0 Å². The van der Waals surface area contributed by atoms with E-state index < -0.39 is 6.04 Å². The number of carbonyl (C=O) groups is 2. The highest BCUT2D eigenvalue weighted by atomic mass is 16.2. The molecule has 0 aliphatic rings. The Morgan fingerprint density at radius 1 is 0.458 bits per heavy atom. The second-order valence-electron chi connectivity index (χ2n) is 14.5. The van der Waals surface area contributed by atoms with Crippen LogP contribution in [0.25, 0.3) is 0 Å². The third-order valence-electron chi connectivity index (χ3n) is 9.85. The molecule has 0 aromatic carbocycles. The molecule has 0 heterocycles. The maximum atomic E-state index is 13.1. The molecule has 5 N–H and O–H groups in total. The van der Waals surface area contributed by atoms with Crippen molar-refractivity contribution in [2.24, 2.45) is 0 Å². The van der Waals surface area contributed by atoms with Gasteiger partial charge in [-0.25, -0.2) is 0 Å². The molecule has 1 atom stereocenters. The van der Waals surface area contributed by atoms with Gasteiger partial charge in [-0.2, -0.15) is 0 Å². The normalized spacial score (nSPS) is 12.1. The zero-order valence-corrected chi connectivity index (χ0v) is 32.8. The van der Waals surface area contributed by atoms with E-state index in [0.717, 1.165) is 25.7 Å². The fourth-order valence-corrected chi connectivity index (χ4v) is 6.57. The van der Waals surface area contributed by atoms with Crippen LogP contribution in [0.15, 0.2) is 0 Å². The van der Waals surface area contributed by atoms with Gasteiger partial charge < -0.3 is 10.6 Å². The molecule has 0 saturated carbocycles. The first-order valence-corrected chi connectivity index (χ1v) is 21.2. The van der Waals surface area contributed by atoms with Crippen LogP contribution in [0.3, 0.4) is 0 Å². The number of unbranched alkanes of at least 4 members (excludes halogenated alkanes) is 27. The molecule has 0 radical (unpaired) electrons. The minimum atomic E-state index is -0.498. The molecule has 286 valence electrons. The lowest BCUT2D eigenvalue weighted by atomic mass is 10.0. The van der Waals surface area contributed by atoms with Crippen LogP contribution in [0.2, 0.25) is 0 Å². The lowest BCUT2D eigenvalue weighted by molar-refractivity contribution is -0.129. The third-order valence-corrected chi connectivity index (χ3v) is 9.85. The largest absolute Gasteiger partial charge is 0.354 e. The quantitative estimate of drug-likeness (QED) is 0.0329. The first kappa shape index (κ1) is 46.8. The van der Waals surface area contributed by atoms with Gasteiger partial charge in [0.25, 0.3) is 0 Å². The van der Waals surface area contributed by atoms with E-state index in [4.69, 9.17) is 0 Å². The Morgan fingerprint density at radius 3 is 1.19 bits per heavy atom. The van der Waals surface area contributed by atoms with Crippen molar-refractivity contribution >= 4 is 11.8 Å². The van der Waals surface area contributed by atoms with Crippen molar-refractivity contribution < 1.29 is 9.59 Å². The van der Waals surface area contributed by atoms with E-state index in [-0.39, 0.29) is 18.1 Å². The van der Waals surface area contributed by atoms with Crippen LogP contribution >= 0.6 is 0 Å². The van der Waals surface area contributed by atoms with Gasteiger partial charge in [0, 0.05) is 19.5 Å². The molecular weight excluding hydrogens is 594 g/mol. The van der Waals surface area contributed by atoms with Gasteiger partial charge in [-0.3, -0.25) is 25.5 Å². The summed E-state index contributed by atoms with van der Waals surface area (Å²) in [6.07, 6.45) is 39.3. The minimum absolute atomic E-state index is 0.000111. The minimum Gasteiger partial charge on any atom is -0.354 e. The van der Waals surface area contributed by atoms with E-state index in [1.54, 1.807) is 0 Å². The first-order chi connectivity index (χ1) is 23.6. The van der Waals surface area contributed by atoms with E-state index in [1.165, 1.54) is 161 Å². The third kappa shape index (κ3) is 33.3. The summed E-state index contributed by atoms with van der Waals surface area (Å²) in [5.74, 6) is -0.0538. The second kappa shape index (κ2) is 38.6. The molecule has 7 nitrogen and oxygen atoms in total. The number of nitrogens with one attached hydrogen (secondary N) is 5. The molecule has 7 heteroatoms. The maximum Gasteiger partial charge on any atom is 0.242 e. The Morgan fingerprint density at radius 2 is 0.812 bits per heavy atom. The maximum absolute atomic E-state index is 13.1. The Kier molecular flexibility index (Phi) is 37.7. The van der Waals surface area contributed by atoms with E-state index >= 15 is 0 Å². The molecule has 1 unspecified atom stereocenters. The molecule has 0 saturated heterocycles. The molecule has 0 fully saturated rings. The Hall–Kier alpha value is -1.18. The molecule has 48 heavy (non-hydrogen) atoms. The van der Waals surface area contributed by atoms with Crippen LogP contribution in [0, 0.1) is 0 Å².